The summed E-state index contributed by atoms with van der Waals surface area (Å²) < 4.78 is 0. The summed E-state index contributed by atoms with van der Waals surface area (Å²) in [6, 6.07) is 8.22. The molecule has 2 amide bonds. The molecule has 0 saturated heterocycles. The van der Waals surface area contributed by atoms with E-state index in [9.17, 15) is 9.59 Å². The van der Waals surface area contributed by atoms with E-state index in [1.807, 2.05) is 32.9 Å². The molecular weight excluding hydrogens is 288 g/mol. The van der Waals surface area contributed by atoms with Gasteiger partial charge < -0.3 is 10.2 Å². The van der Waals surface area contributed by atoms with Crippen LogP contribution in [0.3, 0.4) is 0 Å². The van der Waals surface area contributed by atoms with Crippen LogP contribution in [0.5, 0.6) is 0 Å². The van der Waals surface area contributed by atoms with Gasteiger partial charge in [0.2, 0.25) is 11.8 Å². The number of nitrogens with zero attached hydrogens (tertiary/aromatic N) is 1. The number of rotatable bonds is 7. The van der Waals surface area contributed by atoms with Gasteiger partial charge in [-0.1, -0.05) is 38.1 Å². The van der Waals surface area contributed by atoms with E-state index in [1.165, 1.54) is 16.5 Å². The lowest BCUT2D eigenvalue weighted by molar-refractivity contribution is -0.132. The number of likely N-dealkylation sites (N-methyl/N-ethyl adjacent to an activating group) is 1. The fourth-order valence-corrected chi connectivity index (χ4v) is 2.15. The quantitative estimate of drug-likeness (QED) is 0.785. The van der Waals surface area contributed by atoms with Gasteiger partial charge in [-0.15, -0.1) is 0 Å². The van der Waals surface area contributed by atoms with Crippen LogP contribution in [-0.4, -0.2) is 35.8 Å². The van der Waals surface area contributed by atoms with E-state index < -0.39 is 0 Å². The molecule has 1 rings (SSSR count). The molecule has 1 aromatic carbocycles. The first-order valence-electron chi connectivity index (χ1n) is 8.19. The zero-order chi connectivity index (χ0) is 17.4. The SMILES string of the molecule is CCN(CC(=O)NC(C)C)C(=O)/C=C/c1ccc(C(C)C)cc1. The molecule has 0 bridgehead atoms. The number of amides is 2. The third-order valence-corrected chi connectivity index (χ3v) is 3.50. The molecule has 0 saturated carbocycles. The maximum Gasteiger partial charge on any atom is 0.247 e. The van der Waals surface area contributed by atoms with Crippen LogP contribution in [0.1, 0.15) is 51.7 Å². The molecule has 0 atom stereocenters. The summed E-state index contributed by atoms with van der Waals surface area (Å²) in [5.41, 5.74) is 2.25. The summed E-state index contributed by atoms with van der Waals surface area (Å²) in [6.45, 7) is 10.6. The van der Waals surface area contributed by atoms with Crippen molar-refractivity contribution < 1.29 is 9.59 Å². The Bertz CT molecular complexity index is 545. The van der Waals surface area contributed by atoms with Gasteiger partial charge in [0.05, 0.1) is 6.54 Å². The van der Waals surface area contributed by atoms with Crippen molar-refractivity contribution in [2.75, 3.05) is 13.1 Å². The fraction of sp³-hybridized carbons (Fsp3) is 0.474. The second-order valence-corrected chi connectivity index (χ2v) is 6.23. The van der Waals surface area contributed by atoms with E-state index >= 15 is 0 Å². The number of carbonyl (C=O) groups excluding carboxylic acids is 2. The predicted molar refractivity (Wildman–Crippen MR) is 95.1 cm³/mol. The molecule has 23 heavy (non-hydrogen) atoms. The lowest BCUT2D eigenvalue weighted by atomic mass is 10.0. The van der Waals surface area contributed by atoms with Gasteiger partial charge in [0, 0.05) is 18.7 Å². The van der Waals surface area contributed by atoms with Crippen molar-refractivity contribution in [2.45, 2.75) is 46.6 Å². The van der Waals surface area contributed by atoms with Crippen LogP contribution >= 0.6 is 0 Å². The van der Waals surface area contributed by atoms with E-state index in [0.29, 0.717) is 12.5 Å². The lowest BCUT2D eigenvalue weighted by Crippen LogP contribution is -2.42. The van der Waals surface area contributed by atoms with Crippen molar-refractivity contribution in [3.05, 3.63) is 41.5 Å². The molecular formula is C19H28N2O2. The number of hydrogen-bond donors (Lipinski definition) is 1. The van der Waals surface area contributed by atoms with Crippen LogP contribution in [0.2, 0.25) is 0 Å². The van der Waals surface area contributed by atoms with E-state index in [0.717, 1.165) is 5.56 Å². The Labute approximate surface area is 139 Å². The third-order valence-electron chi connectivity index (χ3n) is 3.50. The van der Waals surface area contributed by atoms with Crippen molar-refractivity contribution in [3.63, 3.8) is 0 Å². The molecule has 0 fully saturated rings. The Morgan fingerprint density at radius 2 is 1.74 bits per heavy atom. The number of nitrogens with one attached hydrogen (secondary N) is 1. The molecule has 0 unspecified atom stereocenters. The summed E-state index contributed by atoms with van der Waals surface area (Å²) >= 11 is 0. The molecule has 126 valence electrons. The maximum atomic E-state index is 12.2. The number of benzene rings is 1. The second-order valence-electron chi connectivity index (χ2n) is 6.23. The van der Waals surface area contributed by atoms with Crippen LogP contribution in [0.4, 0.5) is 0 Å². The Balaban J connectivity index is 2.66. The normalized spacial score (nSPS) is 11.3. The molecule has 0 heterocycles. The molecule has 0 aliphatic rings. The molecule has 4 heteroatoms. The van der Waals surface area contributed by atoms with Gasteiger partial charge in [-0.3, -0.25) is 9.59 Å². The largest absolute Gasteiger partial charge is 0.352 e. The average molecular weight is 316 g/mol. The molecule has 0 aliphatic heterocycles. The van der Waals surface area contributed by atoms with Gasteiger partial charge in [-0.2, -0.15) is 0 Å². The van der Waals surface area contributed by atoms with E-state index in [4.69, 9.17) is 0 Å². The minimum Gasteiger partial charge on any atom is -0.352 e. The highest BCUT2D eigenvalue weighted by molar-refractivity contribution is 5.94. The van der Waals surface area contributed by atoms with E-state index in [2.05, 4.69) is 31.3 Å². The minimum absolute atomic E-state index is 0.0753. The Kier molecular flexibility index (Phi) is 7.52. The first-order chi connectivity index (χ1) is 10.8. The Hall–Kier alpha value is -2.10. The molecule has 1 aromatic rings. The van der Waals surface area contributed by atoms with Gasteiger partial charge >= 0.3 is 0 Å². The average Bonchev–Trinajstić information content (AvgIpc) is 2.49. The van der Waals surface area contributed by atoms with Crippen molar-refractivity contribution >= 4 is 17.9 Å². The highest BCUT2D eigenvalue weighted by atomic mass is 16.2. The minimum atomic E-state index is -0.153. The summed E-state index contributed by atoms with van der Waals surface area (Å²) in [5, 5.41) is 2.80. The van der Waals surface area contributed by atoms with Crippen LogP contribution in [-0.2, 0) is 9.59 Å². The van der Waals surface area contributed by atoms with Crippen LogP contribution in [0.15, 0.2) is 30.3 Å². The zero-order valence-electron chi connectivity index (χ0n) is 14.8. The van der Waals surface area contributed by atoms with E-state index in [-0.39, 0.29) is 24.4 Å². The van der Waals surface area contributed by atoms with Crippen LogP contribution < -0.4 is 5.32 Å². The molecule has 0 spiro atoms. The zero-order valence-corrected chi connectivity index (χ0v) is 14.8. The summed E-state index contributed by atoms with van der Waals surface area (Å²) in [7, 11) is 0. The van der Waals surface area contributed by atoms with Gasteiger partial charge in [0.25, 0.3) is 0 Å². The fourth-order valence-electron chi connectivity index (χ4n) is 2.15. The molecule has 4 nitrogen and oxygen atoms in total. The van der Waals surface area contributed by atoms with Crippen molar-refractivity contribution in [1.82, 2.24) is 10.2 Å². The predicted octanol–water partition coefficient (Wildman–Crippen LogP) is 3.20. The summed E-state index contributed by atoms with van der Waals surface area (Å²) in [6.07, 6.45) is 3.31. The van der Waals surface area contributed by atoms with Gasteiger partial charge in [0.1, 0.15) is 0 Å². The monoisotopic (exact) mass is 316 g/mol. The Morgan fingerprint density at radius 1 is 1.13 bits per heavy atom. The first-order valence-corrected chi connectivity index (χ1v) is 8.19. The smallest absolute Gasteiger partial charge is 0.247 e. The van der Waals surface area contributed by atoms with Crippen molar-refractivity contribution in [2.24, 2.45) is 0 Å². The summed E-state index contributed by atoms with van der Waals surface area (Å²) in [4.78, 5) is 25.5. The van der Waals surface area contributed by atoms with Crippen molar-refractivity contribution in [3.8, 4) is 0 Å². The standard InChI is InChI=1S/C19H28N2O2/c1-6-21(13-18(22)20-15(4)5)19(23)12-9-16-7-10-17(11-8-16)14(2)3/h7-12,14-15H,6,13H2,1-5H3,(H,20,22)/b12-9+. The van der Waals surface area contributed by atoms with Gasteiger partial charge in [-0.05, 0) is 43.9 Å². The molecule has 1 N–H and O–H groups in total. The highest BCUT2D eigenvalue weighted by Gasteiger charge is 2.13. The highest BCUT2D eigenvalue weighted by Crippen LogP contribution is 2.15. The lowest BCUT2D eigenvalue weighted by Gasteiger charge is -2.19. The van der Waals surface area contributed by atoms with Crippen LogP contribution in [0, 0.1) is 0 Å². The van der Waals surface area contributed by atoms with Gasteiger partial charge in [-0.25, -0.2) is 0 Å². The topological polar surface area (TPSA) is 49.4 Å². The first kappa shape index (κ1) is 18.9. The van der Waals surface area contributed by atoms with E-state index in [1.54, 1.807) is 6.08 Å². The second kappa shape index (κ2) is 9.13. The maximum absolute atomic E-state index is 12.2. The molecule has 0 radical (unpaired) electrons. The third kappa shape index (κ3) is 6.68. The Morgan fingerprint density at radius 3 is 2.22 bits per heavy atom. The van der Waals surface area contributed by atoms with Crippen LogP contribution in [0.25, 0.3) is 6.08 Å². The van der Waals surface area contributed by atoms with Gasteiger partial charge in [0.15, 0.2) is 0 Å². The number of hydrogen-bond acceptors (Lipinski definition) is 2. The summed E-state index contributed by atoms with van der Waals surface area (Å²) in [5.74, 6) is 0.203. The molecule has 0 aliphatic carbocycles. The number of carbonyl (C=O) groups is 2. The molecule has 0 aromatic heterocycles. The van der Waals surface area contributed by atoms with Crippen molar-refractivity contribution in [1.29, 1.82) is 0 Å².